The van der Waals surface area contributed by atoms with Crippen LogP contribution in [0.15, 0.2) is 34.7 Å². The summed E-state index contributed by atoms with van der Waals surface area (Å²) in [5, 5.41) is 7.07. The molecule has 9 rings (SSSR count). The van der Waals surface area contributed by atoms with Gasteiger partial charge in [0.05, 0.1) is 40.1 Å². The molecule has 216 valence electrons. The molecule has 2 saturated carbocycles. The number of hydrogen-bond acceptors (Lipinski definition) is 11. The molecule has 1 amide bonds. The van der Waals surface area contributed by atoms with Gasteiger partial charge in [-0.25, -0.2) is 19.9 Å². The number of carbonyl (C=O) groups excluding carboxylic acids is 1. The average molecular weight is 603 g/mol. The molecule has 0 radical (unpaired) electrons. The molecule has 13 heteroatoms. The Balaban J connectivity index is 0.966. The molecular weight excluding hydrogens is 573 g/mol. The van der Waals surface area contributed by atoms with Gasteiger partial charge < -0.3 is 19.9 Å². The van der Waals surface area contributed by atoms with Gasteiger partial charge in [0, 0.05) is 49.2 Å². The first-order valence-corrected chi connectivity index (χ1v) is 15.8. The number of methoxy groups -OCH3 is 1. The van der Waals surface area contributed by atoms with E-state index in [0.717, 1.165) is 52.3 Å². The Hall–Kier alpha value is -3.84. The Kier molecular flexibility index (Phi) is 5.58. The van der Waals surface area contributed by atoms with Crippen LogP contribution in [0, 0.1) is 31.1 Å². The Morgan fingerprint density at radius 2 is 2.02 bits per heavy atom. The van der Waals surface area contributed by atoms with Gasteiger partial charge in [0.1, 0.15) is 5.82 Å². The van der Waals surface area contributed by atoms with Crippen molar-refractivity contribution in [1.82, 2.24) is 29.4 Å². The molecule has 4 aromatic heterocycles. The fraction of sp³-hybridized carbons (Fsp3) is 0.448. The number of anilines is 3. The van der Waals surface area contributed by atoms with Gasteiger partial charge >= 0.3 is 0 Å². The molecular formula is C29H30N8O3S2. The molecule has 1 N–H and O–H groups in total. The van der Waals surface area contributed by atoms with Crippen LogP contribution >= 0.6 is 22.7 Å². The van der Waals surface area contributed by atoms with E-state index in [1.807, 2.05) is 31.4 Å². The number of piperidine rings is 1. The Morgan fingerprint density at radius 1 is 1.17 bits per heavy atom. The third-order valence-electron chi connectivity index (χ3n) is 9.63. The van der Waals surface area contributed by atoms with Crippen molar-refractivity contribution in [3.05, 3.63) is 56.5 Å². The van der Waals surface area contributed by atoms with E-state index in [4.69, 9.17) is 9.72 Å². The lowest BCUT2D eigenvalue weighted by atomic mass is 9.59. The van der Waals surface area contributed by atoms with Gasteiger partial charge in [0.15, 0.2) is 5.13 Å². The molecule has 2 aliphatic carbocycles. The lowest BCUT2D eigenvalue weighted by molar-refractivity contribution is -0.0924. The minimum Gasteiger partial charge on any atom is -0.490 e. The summed E-state index contributed by atoms with van der Waals surface area (Å²) in [6, 6.07) is 4.26. The lowest BCUT2D eigenvalue weighted by Gasteiger charge is -2.61. The molecule has 3 saturated heterocycles. The summed E-state index contributed by atoms with van der Waals surface area (Å²) < 4.78 is 6.73. The number of nitrogens with zero attached hydrogens (tertiary/aromatic N) is 7. The third-order valence-corrected chi connectivity index (χ3v) is 11.5. The van der Waals surface area contributed by atoms with Gasteiger partial charge in [0.2, 0.25) is 11.7 Å². The largest absolute Gasteiger partial charge is 0.490 e. The summed E-state index contributed by atoms with van der Waals surface area (Å²) in [6.07, 6.45) is 5.30. The zero-order valence-electron chi connectivity index (χ0n) is 23.7. The molecule has 42 heavy (non-hydrogen) atoms. The predicted molar refractivity (Wildman–Crippen MR) is 161 cm³/mol. The van der Waals surface area contributed by atoms with Crippen molar-refractivity contribution in [1.29, 1.82) is 0 Å². The van der Waals surface area contributed by atoms with Gasteiger partial charge in [-0.05, 0) is 50.7 Å². The number of amides is 1. The number of likely N-dealkylation sites (tertiary alicyclic amines) is 1. The van der Waals surface area contributed by atoms with E-state index in [2.05, 4.69) is 30.1 Å². The molecule has 4 aromatic rings. The fourth-order valence-corrected chi connectivity index (χ4v) is 9.54. The average Bonchev–Trinajstić information content (AvgIpc) is 3.22. The van der Waals surface area contributed by atoms with Crippen LogP contribution in [-0.2, 0) is 7.05 Å². The summed E-state index contributed by atoms with van der Waals surface area (Å²) >= 11 is 3.16. The van der Waals surface area contributed by atoms with Crippen LogP contribution in [0.3, 0.4) is 0 Å². The van der Waals surface area contributed by atoms with Crippen molar-refractivity contribution in [2.75, 3.05) is 30.4 Å². The molecule has 2 unspecified atom stereocenters. The van der Waals surface area contributed by atoms with Gasteiger partial charge in [-0.3, -0.25) is 14.2 Å². The Bertz CT molecular complexity index is 1800. The molecule has 5 fully saturated rings. The summed E-state index contributed by atoms with van der Waals surface area (Å²) in [7, 11) is 3.22. The molecule has 11 nitrogen and oxygen atoms in total. The summed E-state index contributed by atoms with van der Waals surface area (Å²) in [5.41, 5.74) is 2.62. The number of ether oxygens (including phenoxy) is 1. The van der Waals surface area contributed by atoms with E-state index in [1.54, 1.807) is 29.1 Å². The molecule has 3 aliphatic heterocycles. The molecule has 1 spiro atoms. The van der Waals surface area contributed by atoms with E-state index in [9.17, 15) is 9.59 Å². The van der Waals surface area contributed by atoms with Crippen LogP contribution < -0.4 is 20.5 Å². The van der Waals surface area contributed by atoms with Crippen molar-refractivity contribution in [2.45, 2.75) is 38.8 Å². The summed E-state index contributed by atoms with van der Waals surface area (Å²) in [5.74, 6) is 2.47. The highest BCUT2D eigenvalue weighted by molar-refractivity contribution is 7.16. The molecule has 5 aliphatic rings. The number of fused-ring (bicyclic) bond motifs is 3. The van der Waals surface area contributed by atoms with Gasteiger partial charge in [0.25, 0.3) is 11.5 Å². The van der Waals surface area contributed by atoms with Gasteiger partial charge in [-0.2, -0.15) is 0 Å². The maximum atomic E-state index is 13.7. The predicted octanol–water partition coefficient (Wildman–Crippen LogP) is 3.86. The number of carbonyl (C=O) groups is 1. The lowest BCUT2D eigenvalue weighted by Crippen LogP contribution is -2.70. The summed E-state index contributed by atoms with van der Waals surface area (Å²) in [6.45, 7) is 5.60. The second-order valence-electron chi connectivity index (χ2n) is 11.8. The van der Waals surface area contributed by atoms with Crippen LogP contribution in [0.4, 0.5) is 16.9 Å². The van der Waals surface area contributed by atoms with E-state index in [-0.39, 0.29) is 23.3 Å². The third kappa shape index (κ3) is 3.55. The number of nitrogens with one attached hydrogen (secondary N) is 1. The van der Waals surface area contributed by atoms with Crippen molar-refractivity contribution < 1.29 is 9.53 Å². The maximum Gasteiger partial charge on any atom is 0.297 e. The first-order valence-electron chi connectivity index (χ1n) is 14.1. The van der Waals surface area contributed by atoms with Crippen LogP contribution in [0.25, 0.3) is 10.6 Å². The van der Waals surface area contributed by atoms with Crippen molar-refractivity contribution in [2.24, 2.45) is 24.3 Å². The van der Waals surface area contributed by atoms with E-state index < -0.39 is 0 Å². The Labute approximate surface area is 250 Å². The second-order valence-corrected chi connectivity index (χ2v) is 13.8. The monoisotopic (exact) mass is 602 g/mol. The topological polar surface area (TPSA) is 118 Å². The van der Waals surface area contributed by atoms with Crippen molar-refractivity contribution in [3.8, 4) is 16.3 Å². The quantitative estimate of drug-likeness (QED) is 0.351. The zero-order chi connectivity index (χ0) is 28.9. The van der Waals surface area contributed by atoms with E-state index in [0.29, 0.717) is 40.6 Å². The van der Waals surface area contributed by atoms with Gasteiger partial charge in [-0.15, -0.1) is 22.7 Å². The minimum absolute atomic E-state index is 0.0582. The summed E-state index contributed by atoms with van der Waals surface area (Å²) in [4.78, 5) is 50.1. The minimum atomic E-state index is -0.189. The van der Waals surface area contributed by atoms with E-state index >= 15 is 0 Å². The normalized spacial score (nSPS) is 26.9. The van der Waals surface area contributed by atoms with Gasteiger partial charge in [-0.1, -0.05) is 0 Å². The fourth-order valence-electron chi connectivity index (χ4n) is 7.88. The van der Waals surface area contributed by atoms with Crippen LogP contribution in [-0.4, -0.2) is 67.6 Å². The van der Waals surface area contributed by atoms with Crippen molar-refractivity contribution >= 4 is 45.5 Å². The highest BCUT2D eigenvalue weighted by atomic mass is 32.1. The van der Waals surface area contributed by atoms with Crippen molar-refractivity contribution in [3.63, 3.8) is 0 Å². The zero-order valence-corrected chi connectivity index (χ0v) is 25.3. The number of pyridine rings is 1. The molecule has 5 atom stereocenters. The number of rotatable bonds is 6. The SMILES string of the molecule is COc1cnc(N2CCC3[C@@H]4N(C(=O)c5ccc(Nc6nc(-c7sc(C)nc7C)cs6)nc5)[C@@H]5[C@H](C2)CC345)n(C)c1=O. The first kappa shape index (κ1) is 25.8. The molecule has 2 bridgehead atoms. The highest BCUT2D eigenvalue weighted by Crippen LogP contribution is 2.80. The standard InChI is InChI=1S/C29H30N8O3S2/c1-14-22(42-15(2)32-14)19-13-41-27(33-19)34-21-6-5-16(10-30-21)25(38)37-23-17-9-29(23)18(24(29)37)7-8-36(12-17)28-31-11-20(40-4)26(39)35(28)3/h5-6,10-11,13,17-18,23-24H,7-9,12H2,1-4H3,(H,30,33,34)/t17-,18?,23+,24-,29?/m0/s1. The molecule has 0 aromatic carbocycles. The highest BCUT2D eigenvalue weighted by Gasteiger charge is 2.87. The second kappa shape index (κ2) is 9.08. The number of hydrogen-bond donors (Lipinski definition) is 1. The number of thiazole rings is 2. The van der Waals surface area contributed by atoms with Crippen LogP contribution in [0.2, 0.25) is 0 Å². The van der Waals surface area contributed by atoms with Crippen LogP contribution in [0.1, 0.15) is 33.9 Å². The number of aromatic nitrogens is 5. The van der Waals surface area contributed by atoms with Crippen LogP contribution in [0.5, 0.6) is 5.75 Å². The maximum absolute atomic E-state index is 13.7. The Morgan fingerprint density at radius 3 is 2.76 bits per heavy atom. The number of aryl methyl sites for hydroxylation is 2. The van der Waals surface area contributed by atoms with E-state index in [1.165, 1.54) is 24.6 Å². The first-order chi connectivity index (χ1) is 20.3. The smallest absolute Gasteiger partial charge is 0.297 e. The molecule has 7 heterocycles.